The minimum Gasteiger partial charge on any atom is -0.302 e. The third-order valence-corrected chi connectivity index (χ3v) is 3.17. The Morgan fingerprint density at radius 1 is 1.23 bits per heavy atom. The molecule has 0 aromatic heterocycles. The van der Waals surface area contributed by atoms with Gasteiger partial charge in [0, 0.05) is 0 Å². The van der Waals surface area contributed by atoms with Gasteiger partial charge in [0.15, 0.2) is 5.11 Å². The van der Waals surface area contributed by atoms with Gasteiger partial charge in [-0.25, -0.2) is 0 Å². The van der Waals surface area contributed by atoms with E-state index >= 15 is 0 Å². The fourth-order valence-electron chi connectivity index (χ4n) is 1.95. The molecule has 5 heteroatoms. The monoisotopic (exact) mass is 198 g/mol. The van der Waals surface area contributed by atoms with Crippen LogP contribution in [0.5, 0.6) is 0 Å². The average Bonchev–Trinajstić information content (AvgIpc) is 2.51. The van der Waals surface area contributed by atoms with Gasteiger partial charge in [-0.3, -0.25) is 9.59 Å². The Hall–Kier alpha value is -0.970. The number of carbonyl (C=O) groups is 2. The molecule has 2 N–H and O–H groups in total. The van der Waals surface area contributed by atoms with Crippen LogP contribution in [0.3, 0.4) is 0 Å². The summed E-state index contributed by atoms with van der Waals surface area (Å²) >= 11 is 4.70. The number of hydrogen-bond donors (Lipinski definition) is 2. The molecule has 1 heterocycles. The van der Waals surface area contributed by atoms with Crippen LogP contribution in [0.15, 0.2) is 0 Å². The van der Waals surface area contributed by atoms with Crippen molar-refractivity contribution in [2.75, 3.05) is 0 Å². The molecule has 4 nitrogen and oxygen atoms in total. The van der Waals surface area contributed by atoms with E-state index in [2.05, 4.69) is 10.6 Å². The standard InChI is InChI=1S/C8H10N2O2S/c1-7(2)3-8(7)4(11)9-6(13)10-5(8)12/h3H2,1-2H3,(H2,9,10,11,12,13). The van der Waals surface area contributed by atoms with Crippen LogP contribution in [0.2, 0.25) is 0 Å². The van der Waals surface area contributed by atoms with Gasteiger partial charge in [0.05, 0.1) is 0 Å². The minimum absolute atomic E-state index is 0.114. The van der Waals surface area contributed by atoms with Crippen LogP contribution in [-0.4, -0.2) is 16.9 Å². The van der Waals surface area contributed by atoms with Crippen molar-refractivity contribution in [1.29, 1.82) is 0 Å². The zero-order valence-electron chi connectivity index (χ0n) is 7.43. The molecular weight excluding hydrogens is 188 g/mol. The van der Waals surface area contributed by atoms with Gasteiger partial charge in [-0.1, -0.05) is 13.8 Å². The molecule has 0 atom stereocenters. The molecule has 2 fully saturated rings. The highest BCUT2D eigenvalue weighted by molar-refractivity contribution is 7.80. The number of hydrogen-bond acceptors (Lipinski definition) is 3. The van der Waals surface area contributed by atoms with Crippen molar-refractivity contribution in [2.24, 2.45) is 10.8 Å². The second kappa shape index (κ2) is 2.09. The van der Waals surface area contributed by atoms with Crippen LogP contribution in [0.1, 0.15) is 20.3 Å². The summed E-state index contributed by atoms with van der Waals surface area (Å²) in [6, 6.07) is 0. The molecule has 2 rings (SSSR count). The van der Waals surface area contributed by atoms with E-state index in [4.69, 9.17) is 12.2 Å². The lowest BCUT2D eigenvalue weighted by Gasteiger charge is -2.24. The zero-order valence-corrected chi connectivity index (χ0v) is 8.25. The van der Waals surface area contributed by atoms with Crippen molar-refractivity contribution in [3.8, 4) is 0 Å². The van der Waals surface area contributed by atoms with Crippen LogP contribution >= 0.6 is 12.2 Å². The van der Waals surface area contributed by atoms with E-state index < -0.39 is 5.41 Å². The topological polar surface area (TPSA) is 58.2 Å². The summed E-state index contributed by atoms with van der Waals surface area (Å²) < 4.78 is 0. The molecule has 0 aromatic carbocycles. The van der Waals surface area contributed by atoms with E-state index in [9.17, 15) is 9.59 Å². The van der Waals surface area contributed by atoms with Crippen LogP contribution in [0.4, 0.5) is 0 Å². The largest absolute Gasteiger partial charge is 0.302 e. The molecule has 70 valence electrons. The molecule has 0 aromatic rings. The second-order valence-corrected chi connectivity index (χ2v) is 4.61. The maximum absolute atomic E-state index is 11.6. The number of rotatable bonds is 0. The fraction of sp³-hybridized carbons (Fsp3) is 0.625. The highest BCUT2D eigenvalue weighted by atomic mass is 32.1. The van der Waals surface area contributed by atoms with E-state index in [1.54, 1.807) is 0 Å². The highest BCUT2D eigenvalue weighted by Gasteiger charge is 2.72. The summed E-state index contributed by atoms with van der Waals surface area (Å²) in [5.74, 6) is -0.516. The molecule has 2 aliphatic rings. The van der Waals surface area contributed by atoms with E-state index in [0.29, 0.717) is 6.42 Å². The number of thiocarbonyl (C=S) groups is 1. The van der Waals surface area contributed by atoms with Gasteiger partial charge in [0.1, 0.15) is 5.41 Å². The number of nitrogens with one attached hydrogen (secondary N) is 2. The molecule has 0 unspecified atom stereocenters. The third-order valence-electron chi connectivity index (χ3n) is 2.97. The minimum atomic E-state index is -0.866. The molecule has 2 amide bonds. The van der Waals surface area contributed by atoms with Gasteiger partial charge >= 0.3 is 0 Å². The Morgan fingerprint density at radius 2 is 1.62 bits per heavy atom. The van der Waals surface area contributed by atoms with Gasteiger partial charge in [-0.2, -0.15) is 0 Å². The van der Waals surface area contributed by atoms with Gasteiger partial charge in [0.2, 0.25) is 11.8 Å². The summed E-state index contributed by atoms with van der Waals surface area (Å²) in [6.07, 6.45) is 0.598. The zero-order chi connectivity index (χ0) is 9.85. The second-order valence-electron chi connectivity index (χ2n) is 4.20. The normalized spacial score (nSPS) is 28.3. The van der Waals surface area contributed by atoms with Crippen LogP contribution in [-0.2, 0) is 9.59 Å². The number of amides is 2. The molecular formula is C8H10N2O2S. The maximum Gasteiger partial charge on any atom is 0.242 e. The predicted molar refractivity (Wildman–Crippen MR) is 49.7 cm³/mol. The Labute approximate surface area is 81.1 Å². The van der Waals surface area contributed by atoms with Crippen molar-refractivity contribution in [3.63, 3.8) is 0 Å². The number of carbonyl (C=O) groups excluding carboxylic acids is 2. The quantitative estimate of drug-likeness (QED) is 0.423. The Bertz CT molecular complexity index is 315. The SMILES string of the molecule is CC1(C)CC12C(=O)NC(=S)NC2=O. The molecule has 13 heavy (non-hydrogen) atoms. The van der Waals surface area contributed by atoms with E-state index in [0.717, 1.165) is 0 Å². The van der Waals surface area contributed by atoms with Crippen LogP contribution in [0, 0.1) is 10.8 Å². The van der Waals surface area contributed by atoms with Crippen molar-refractivity contribution >= 4 is 29.1 Å². The van der Waals surface area contributed by atoms with Crippen molar-refractivity contribution < 1.29 is 9.59 Å². The summed E-state index contributed by atoms with van der Waals surface area (Å²) in [5, 5.41) is 5.07. The highest BCUT2D eigenvalue weighted by Crippen LogP contribution is 2.64. The third kappa shape index (κ3) is 0.877. The first-order chi connectivity index (χ1) is 5.90. The van der Waals surface area contributed by atoms with Gasteiger partial charge in [0.25, 0.3) is 0 Å². The summed E-state index contributed by atoms with van der Waals surface area (Å²) in [7, 11) is 0. The van der Waals surface area contributed by atoms with Crippen LogP contribution < -0.4 is 10.6 Å². The molecule has 0 radical (unpaired) electrons. The first-order valence-electron chi connectivity index (χ1n) is 4.07. The Balaban J connectivity index is 2.36. The molecule has 1 aliphatic heterocycles. The lowest BCUT2D eigenvalue weighted by molar-refractivity contribution is -0.138. The van der Waals surface area contributed by atoms with Gasteiger partial charge < -0.3 is 10.6 Å². The maximum atomic E-state index is 11.6. The smallest absolute Gasteiger partial charge is 0.242 e. The fourth-order valence-corrected chi connectivity index (χ4v) is 2.13. The molecule has 1 saturated heterocycles. The first-order valence-corrected chi connectivity index (χ1v) is 4.48. The summed E-state index contributed by atoms with van der Waals surface area (Å²) in [4.78, 5) is 23.1. The predicted octanol–water partition coefficient (Wildman–Crippen LogP) is -0.0664. The van der Waals surface area contributed by atoms with Crippen molar-refractivity contribution in [1.82, 2.24) is 10.6 Å². The Kier molecular flexibility index (Phi) is 1.39. The summed E-state index contributed by atoms with van der Waals surface area (Å²) in [6.45, 7) is 3.81. The van der Waals surface area contributed by atoms with Crippen molar-refractivity contribution in [3.05, 3.63) is 0 Å². The van der Waals surface area contributed by atoms with Gasteiger partial charge in [-0.15, -0.1) is 0 Å². The van der Waals surface area contributed by atoms with Crippen LogP contribution in [0.25, 0.3) is 0 Å². The van der Waals surface area contributed by atoms with Crippen molar-refractivity contribution in [2.45, 2.75) is 20.3 Å². The lowest BCUT2D eigenvalue weighted by atomic mass is 9.93. The Morgan fingerprint density at radius 3 is 1.92 bits per heavy atom. The van der Waals surface area contributed by atoms with Gasteiger partial charge in [-0.05, 0) is 24.1 Å². The molecule has 1 spiro atoms. The van der Waals surface area contributed by atoms with E-state index in [1.165, 1.54) is 0 Å². The van der Waals surface area contributed by atoms with E-state index in [1.807, 2.05) is 13.8 Å². The molecule has 1 saturated carbocycles. The van der Waals surface area contributed by atoms with E-state index in [-0.39, 0.29) is 22.3 Å². The first kappa shape index (κ1) is 8.62. The molecule has 0 bridgehead atoms. The lowest BCUT2D eigenvalue weighted by Crippen LogP contribution is -2.58. The molecule has 1 aliphatic carbocycles. The average molecular weight is 198 g/mol. The summed E-state index contributed by atoms with van der Waals surface area (Å²) in [5.41, 5.74) is -1.10.